The van der Waals surface area contributed by atoms with Crippen molar-refractivity contribution in [1.82, 2.24) is 20.8 Å². The molecule has 1 fully saturated rings. The third-order valence-corrected chi connectivity index (χ3v) is 3.63. The summed E-state index contributed by atoms with van der Waals surface area (Å²) in [6.45, 7) is 2.23. The van der Waals surface area contributed by atoms with Gasteiger partial charge in [0, 0.05) is 12.1 Å². The molecule has 1 aliphatic heterocycles. The molecule has 23 heavy (non-hydrogen) atoms. The molecule has 1 aliphatic rings. The first-order valence-corrected chi connectivity index (χ1v) is 7.24. The fourth-order valence-corrected chi connectivity index (χ4v) is 2.40. The summed E-state index contributed by atoms with van der Waals surface area (Å²) in [6, 6.07) is 8.70. The first kappa shape index (κ1) is 17.4. The van der Waals surface area contributed by atoms with Crippen LogP contribution >= 0.6 is 12.4 Å². The highest BCUT2D eigenvalue weighted by Gasteiger charge is 2.29. The maximum atomic E-state index is 12.1. The van der Waals surface area contributed by atoms with E-state index in [1.165, 1.54) is 0 Å². The van der Waals surface area contributed by atoms with Crippen LogP contribution < -0.4 is 10.6 Å². The lowest BCUT2D eigenvalue weighted by Gasteiger charge is -2.14. The van der Waals surface area contributed by atoms with E-state index in [2.05, 4.69) is 20.8 Å². The predicted molar refractivity (Wildman–Crippen MR) is 86.0 cm³/mol. The van der Waals surface area contributed by atoms with Crippen molar-refractivity contribution >= 4 is 18.3 Å². The molecule has 3 unspecified atom stereocenters. The number of aliphatic hydroxyl groups excluding tert-OH is 1. The first-order chi connectivity index (χ1) is 10.6. The fourth-order valence-electron chi connectivity index (χ4n) is 2.40. The Morgan fingerprint density at radius 2 is 2.17 bits per heavy atom. The lowest BCUT2D eigenvalue weighted by atomic mass is 10.2. The zero-order valence-electron chi connectivity index (χ0n) is 12.6. The molecule has 2 heterocycles. The van der Waals surface area contributed by atoms with Gasteiger partial charge in [-0.05, 0) is 25.5 Å². The van der Waals surface area contributed by atoms with Crippen LogP contribution in [0, 0.1) is 0 Å². The van der Waals surface area contributed by atoms with Crippen LogP contribution in [0.25, 0.3) is 11.5 Å². The number of hydrogen-bond acceptors (Lipinski definition) is 6. The average molecular weight is 339 g/mol. The van der Waals surface area contributed by atoms with Gasteiger partial charge in [-0.25, -0.2) is 0 Å². The Hall–Kier alpha value is -1.96. The molecule has 2 aromatic rings. The lowest BCUT2D eigenvalue weighted by molar-refractivity contribution is -0.123. The first-order valence-electron chi connectivity index (χ1n) is 7.24. The van der Waals surface area contributed by atoms with Gasteiger partial charge in [0.15, 0.2) is 5.82 Å². The van der Waals surface area contributed by atoms with Gasteiger partial charge in [-0.15, -0.1) is 12.4 Å². The number of carbonyl (C=O) groups excluding carboxylic acids is 1. The molecule has 1 amide bonds. The van der Waals surface area contributed by atoms with E-state index in [1.807, 2.05) is 30.3 Å². The second kappa shape index (κ2) is 7.54. The molecule has 3 N–H and O–H groups in total. The van der Waals surface area contributed by atoms with Crippen LogP contribution in [-0.4, -0.2) is 39.8 Å². The molecule has 1 aromatic heterocycles. The van der Waals surface area contributed by atoms with Crippen molar-refractivity contribution in [2.75, 3.05) is 6.54 Å². The van der Waals surface area contributed by atoms with Gasteiger partial charge in [-0.2, -0.15) is 4.98 Å². The Balaban J connectivity index is 0.00000192. The van der Waals surface area contributed by atoms with Gasteiger partial charge >= 0.3 is 0 Å². The van der Waals surface area contributed by atoms with Gasteiger partial charge in [0.25, 0.3) is 5.89 Å². The maximum absolute atomic E-state index is 12.1. The van der Waals surface area contributed by atoms with Crippen molar-refractivity contribution in [3.63, 3.8) is 0 Å². The summed E-state index contributed by atoms with van der Waals surface area (Å²) in [5.74, 6) is 0.673. The number of hydrogen-bond donors (Lipinski definition) is 3. The summed E-state index contributed by atoms with van der Waals surface area (Å²) < 4.78 is 5.23. The number of carbonyl (C=O) groups is 1. The number of aromatic nitrogens is 2. The molecule has 7 nitrogen and oxygen atoms in total. The molecule has 8 heteroatoms. The van der Waals surface area contributed by atoms with Crippen molar-refractivity contribution < 1.29 is 14.4 Å². The van der Waals surface area contributed by atoms with Crippen molar-refractivity contribution in [1.29, 1.82) is 0 Å². The van der Waals surface area contributed by atoms with Gasteiger partial charge < -0.3 is 20.3 Å². The molecular formula is C15H19ClN4O3. The molecule has 0 bridgehead atoms. The number of nitrogens with one attached hydrogen (secondary N) is 2. The fraction of sp³-hybridized carbons (Fsp3) is 0.400. The molecular weight excluding hydrogens is 320 g/mol. The SMILES string of the molecule is CC(NC(=O)C1CC(O)CN1)c1noc(-c2ccccc2)n1.Cl. The minimum atomic E-state index is -0.471. The standard InChI is InChI=1S/C15H18N4O3.ClH/c1-9(17-14(21)12-7-11(20)8-16-12)13-18-15(22-19-13)10-5-3-2-4-6-10;/h2-6,9,11-12,16,20H,7-8H2,1H3,(H,17,21);1H. The molecule has 3 atom stereocenters. The molecule has 124 valence electrons. The zero-order chi connectivity index (χ0) is 15.5. The van der Waals surface area contributed by atoms with Crippen molar-refractivity contribution in [3.05, 3.63) is 36.2 Å². The van der Waals surface area contributed by atoms with E-state index in [0.717, 1.165) is 5.56 Å². The van der Waals surface area contributed by atoms with Crippen LogP contribution in [0.2, 0.25) is 0 Å². The number of benzene rings is 1. The Morgan fingerprint density at radius 3 is 2.83 bits per heavy atom. The monoisotopic (exact) mass is 338 g/mol. The number of amides is 1. The van der Waals surface area contributed by atoms with Crippen LogP contribution in [0.1, 0.15) is 25.2 Å². The van der Waals surface area contributed by atoms with Gasteiger partial charge in [0.05, 0.1) is 18.2 Å². The highest BCUT2D eigenvalue weighted by molar-refractivity contribution is 5.85. The number of nitrogens with zero attached hydrogens (tertiary/aromatic N) is 2. The maximum Gasteiger partial charge on any atom is 0.257 e. The quantitative estimate of drug-likeness (QED) is 0.770. The van der Waals surface area contributed by atoms with E-state index in [-0.39, 0.29) is 30.4 Å². The molecule has 0 aliphatic carbocycles. The molecule has 0 saturated carbocycles. The summed E-state index contributed by atoms with van der Waals surface area (Å²) in [4.78, 5) is 16.4. The summed E-state index contributed by atoms with van der Waals surface area (Å²) in [7, 11) is 0. The van der Waals surface area contributed by atoms with E-state index in [1.54, 1.807) is 6.92 Å². The summed E-state index contributed by atoms with van der Waals surface area (Å²) in [5, 5.41) is 19.2. The Labute approximate surface area is 139 Å². The third kappa shape index (κ3) is 4.07. The van der Waals surface area contributed by atoms with Crippen molar-refractivity contribution in [3.8, 4) is 11.5 Å². The van der Waals surface area contributed by atoms with Gasteiger partial charge in [-0.1, -0.05) is 23.4 Å². The number of aliphatic hydroxyl groups is 1. The van der Waals surface area contributed by atoms with E-state index < -0.39 is 6.10 Å². The van der Waals surface area contributed by atoms with Gasteiger partial charge in [0.2, 0.25) is 5.91 Å². The largest absolute Gasteiger partial charge is 0.392 e. The van der Waals surface area contributed by atoms with E-state index in [4.69, 9.17) is 4.52 Å². The average Bonchev–Trinajstić information content (AvgIpc) is 3.17. The van der Waals surface area contributed by atoms with E-state index in [0.29, 0.717) is 24.7 Å². The van der Waals surface area contributed by atoms with Gasteiger partial charge in [0.1, 0.15) is 0 Å². The number of β-amino-alcohol motifs (C(OH)–C–C–N with tert-alkyl or cyclic N) is 1. The highest BCUT2D eigenvalue weighted by atomic mass is 35.5. The normalized spacial score (nSPS) is 21.5. The lowest BCUT2D eigenvalue weighted by Crippen LogP contribution is -2.41. The smallest absolute Gasteiger partial charge is 0.257 e. The van der Waals surface area contributed by atoms with Crippen LogP contribution in [0.15, 0.2) is 34.9 Å². The van der Waals surface area contributed by atoms with Crippen molar-refractivity contribution in [2.24, 2.45) is 0 Å². The third-order valence-electron chi connectivity index (χ3n) is 3.63. The highest BCUT2D eigenvalue weighted by Crippen LogP contribution is 2.19. The number of rotatable bonds is 4. The van der Waals surface area contributed by atoms with Crippen LogP contribution in [0.3, 0.4) is 0 Å². The summed E-state index contributed by atoms with van der Waals surface area (Å²) in [6.07, 6.45) is -0.0546. The molecule has 1 saturated heterocycles. The Kier molecular flexibility index (Phi) is 5.70. The molecule has 3 rings (SSSR count). The van der Waals surface area contributed by atoms with Gasteiger partial charge in [-0.3, -0.25) is 4.79 Å². The second-order valence-electron chi connectivity index (χ2n) is 5.40. The van der Waals surface area contributed by atoms with Crippen LogP contribution in [0.4, 0.5) is 0 Å². The molecule has 0 spiro atoms. The van der Waals surface area contributed by atoms with Crippen molar-refractivity contribution in [2.45, 2.75) is 31.5 Å². The molecule has 1 aromatic carbocycles. The second-order valence-corrected chi connectivity index (χ2v) is 5.40. The van der Waals surface area contributed by atoms with Crippen LogP contribution in [-0.2, 0) is 4.79 Å². The Bertz CT molecular complexity index is 649. The number of halogens is 1. The minimum absolute atomic E-state index is 0. The zero-order valence-corrected chi connectivity index (χ0v) is 13.4. The predicted octanol–water partition coefficient (Wildman–Crippen LogP) is 1.06. The van der Waals surface area contributed by atoms with E-state index >= 15 is 0 Å². The summed E-state index contributed by atoms with van der Waals surface area (Å²) >= 11 is 0. The molecule has 0 radical (unpaired) electrons. The Morgan fingerprint density at radius 1 is 1.43 bits per heavy atom. The van der Waals surface area contributed by atoms with E-state index in [9.17, 15) is 9.90 Å². The minimum Gasteiger partial charge on any atom is -0.392 e. The summed E-state index contributed by atoms with van der Waals surface area (Å²) in [5.41, 5.74) is 0.834. The van der Waals surface area contributed by atoms with Crippen LogP contribution in [0.5, 0.6) is 0 Å². The topological polar surface area (TPSA) is 100 Å².